The molecule has 3 heterocycles. The van der Waals surface area contributed by atoms with Crippen LogP contribution >= 0.6 is 24.0 Å². The number of para-hydroxylation sites is 1. The van der Waals surface area contributed by atoms with Crippen molar-refractivity contribution in [2.45, 2.75) is 37.9 Å². The minimum Gasteiger partial charge on any atom is -0.450 e. The summed E-state index contributed by atoms with van der Waals surface area (Å²) < 4.78 is 7.63. The first-order valence-corrected chi connectivity index (χ1v) is 14.6. The van der Waals surface area contributed by atoms with Crippen LogP contribution in [0.25, 0.3) is 11.8 Å². The molecule has 1 aliphatic rings. The van der Waals surface area contributed by atoms with Gasteiger partial charge in [-0.2, -0.15) is 4.68 Å². The van der Waals surface area contributed by atoms with Gasteiger partial charge in [0.05, 0.1) is 17.1 Å². The molecule has 0 bridgehead atoms. The summed E-state index contributed by atoms with van der Waals surface area (Å²) in [6, 6.07) is 24.2. The number of hydrogen-bond donors (Lipinski definition) is 0. The van der Waals surface area contributed by atoms with Gasteiger partial charge in [0.1, 0.15) is 11.3 Å². The van der Waals surface area contributed by atoms with Gasteiger partial charge in [-0.05, 0) is 139 Å². The maximum Gasteiger partial charge on any atom is 0.270 e. The highest BCUT2D eigenvalue weighted by Gasteiger charge is 2.41. The number of hydrogen-bond acceptors (Lipinski definition) is 8. The second-order valence-electron chi connectivity index (χ2n) is 10.1. The smallest absolute Gasteiger partial charge is 0.270 e. The summed E-state index contributed by atoms with van der Waals surface area (Å²) in [5.41, 5.74) is 6.04. The number of anilines is 2. The van der Waals surface area contributed by atoms with E-state index in [9.17, 15) is 9.59 Å². The van der Waals surface area contributed by atoms with Gasteiger partial charge < -0.3 is 4.42 Å². The van der Waals surface area contributed by atoms with Crippen LogP contribution in [-0.2, 0) is 9.59 Å². The Morgan fingerprint density at radius 2 is 1.35 bits per heavy atom. The van der Waals surface area contributed by atoms with E-state index >= 15 is 0 Å². The molecule has 11 heteroatoms. The van der Waals surface area contributed by atoms with Crippen LogP contribution in [0, 0.1) is 27.7 Å². The summed E-state index contributed by atoms with van der Waals surface area (Å²) in [5, 5.41) is 13.1. The monoisotopic (exact) mass is 606 g/mol. The predicted octanol–water partition coefficient (Wildman–Crippen LogP) is 6.39. The highest BCUT2D eigenvalue weighted by Crippen LogP contribution is 2.33. The summed E-state index contributed by atoms with van der Waals surface area (Å²) in [6.07, 6.45) is 1.46. The Kier molecular flexibility index (Phi) is 7.51. The lowest BCUT2D eigenvalue weighted by molar-refractivity contribution is -0.120. The van der Waals surface area contributed by atoms with Gasteiger partial charge in [0, 0.05) is 0 Å². The molecule has 9 nitrogen and oxygen atoms in total. The third kappa shape index (κ3) is 5.40. The maximum atomic E-state index is 14.0. The van der Waals surface area contributed by atoms with E-state index in [1.807, 2.05) is 94.4 Å². The van der Waals surface area contributed by atoms with E-state index in [1.165, 1.54) is 27.6 Å². The molecule has 0 saturated carbocycles. The number of furan rings is 1. The fraction of sp³-hybridized carbons (Fsp3) is 0.125. The second-order valence-corrected chi connectivity index (χ2v) is 11.5. The Labute approximate surface area is 257 Å². The van der Waals surface area contributed by atoms with E-state index in [0.29, 0.717) is 27.4 Å². The SMILES string of the molecule is Cc1ccc(N2C(=O)C(=Cc3ccc(Sc4nnnn4-c4ccccc4)o3)C(=O)N(c3ccc(C)c(C)c3)C2=S)cc1C. The molecule has 2 aromatic heterocycles. The molecule has 0 N–H and O–H groups in total. The number of benzene rings is 3. The Hall–Kier alpha value is -4.87. The van der Waals surface area contributed by atoms with Crippen LogP contribution in [0.2, 0.25) is 0 Å². The van der Waals surface area contributed by atoms with Crippen molar-refractivity contribution >= 4 is 58.4 Å². The molecule has 6 rings (SSSR count). The van der Waals surface area contributed by atoms with Crippen molar-refractivity contribution < 1.29 is 14.0 Å². The van der Waals surface area contributed by atoms with E-state index in [0.717, 1.165) is 27.9 Å². The molecule has 0 radical (unpaired) electrons. The summed E-state index contributed by atoms with van der Waals surface area (Å²) in [6.45, 7) is 7.93. The van der Waals surface area contributed by atoms with Crippen molar-refractivity contribution in [1.82, 2.24) is 20.2 Å². The number of rotatable bonds is 6. The Bertz CT molecular complexity index is 1850. The molecule has 1 aliphatic heterocycles. The number of aryl methyl sites for hydroxylation is 4. The van der Waals surface area contributed by atoms with Crippen molar-refractivity contribution in [2.24, 2.45) is 0 Å². The topological polar surface area (TPSA) is 97.4 Å². The van der Waals surface area contributed by atoms with Gasteiger partial charge in [0.15, 0.2) is 10.2 Å². The fourth-order valence-corrected chi connectivity index (χ4v) is 5.72. The van der Waals surface area contributed by atoms with E-state index in [4.69, 9.17) is 16.6 Å². The normalized spacial score (nSPS) is 13.7. The van der Waals surface area contributed by atoms with Crippen molar-refractivity contribution in [2.75, 3.05) is 9.80 Å². The molecule has 0 aliphatic carbocycles. The minimum absolute atomic E-state index is 0.0786. The zero-order valence-corrected chi connectivity index (χ0v) is 25.4. The van der Waals surface area contributed by atoms with Gasteiger partial charge in [-0.25, -0.2) is 0 Å². The van der Waals surface area contributed by atoms with E-state index in [1.54, 1.807) is 16.8 Å². The van der Waals surface area contributed by atoms with Gasteiger partial charge in [-0.1, -0.05) is 30.3 Å². The molecular formula is C32H26N6O3S2. The van der Waals surface area contributed by atoms with E-state index < -0.39 is 11.8 Å². The average molecular weight is 607 g/mol. The van der Waals surface area contributed by atoms with Crippen LogP contribution in [0.15, 0.2) is 99.1 Å². The molecule has 0 atom stereocenters. The van der Waals surface area contributed by atoms with Crippen LogP contribution in [0.5, 0.6) is 0 Å². The lowest BCUT2D eigenvalue weighted by atomic mass is 10.0. The number of aromatic nitrogens is 4. The lowest BCUT2D eigenvalue weighted by Gasteiger charge is -2.36. The zero-order chi connectivity index (χ0) is 30.2. The summed E-state index contributed by atoms with van der Waals surface area (Å²) in [7, 11) is 0. The Balaban J connectivity index is 1.38. The van der Waals surface area contributed by atoms with Crippen molar-refractivity contribution in [3.8, 4) is 5.69 Å². The largest absolute Gasteiger partial charge is 0.450 e. The number of thiocarbonyl (C=S) groups is 1. The molecule has 214 valence electrons. The van der Waals surface area contributed by atoms with E-state index in [-0.39, 0.29) is 10.7 Å². The second kappa shape index (κ2) is 11.4. The van der Waals surface area contributed by atoms with Gasteiger partial charge in [0.2, 0.25) is 5.16 Å². The van der Waals surface area contributed by atoms with E-state index in [2.05, 4.69) is 15.5 Å². The number of tetrazole rings is 1. The molecule has 43 heavy (non-hydrogen) atoms. The Morgan fingerprint density at radius 1 is 0.744 bits per heavy atom. The fourth-order valence-electron chi connectivity index (χ4n) is 4.59. The number of carbonyl (C=O) groups excluding carboxylic acids is 2. The van der Waals surface area contributed by atoms with Crippen LogP contribution in [0.1, 0.15) is 28.0 Å². The molecule has 1 saturated heterocycles. The number of carbonyl (C=O) groups is 2. The Morgan fingerprint density at radius 3 is 1.93 bits per heavy atom. The van der Waals surface area contributed by atoms with Crippen LogP contribution in [-0.4, -0.2) is 37.1 Å². The molecule has 2 amide bonds. The molecule has 0 spiro atoms. The van der Waals surface area contributed by atoms with Crippen LogP contribution in [0.3, 0.4) is 0 Å². The van der Waals surface area contributed by atoms with Gasteiger partial charge >= 0.3 is 0 Å². The van der Waals surface area contributed by atoms with Crippen molar-refractivity contribution in [3.05, 3.63) is 112 Å². The van der Waals surface area contributed by atoms with Crippen molar-refractivity contribution in [1.29, 1.82) is 0 Å². The summed E-state index contributed by atoms with van der Waals surface area (Å²) in [4.78, 5) is 30.7. The maximum absolute atomic E-state index is 14.0. The van der Waals surface area contributed by atoms with Crippen molar-refractivity contribution in [3.63, 3.8) is 0 Å². The molecule has 0 unspecified atom stereocenters. The first-order valence-electron chi connectivity index (χ1n) is 13.4. The summed E-state index contributed by atoms with van der Waals surface area (Å²) >= 11 is 7.01. The third-order valence-electron chi connectivity index (χ3n) is 7.27. The minimum atomic E-state index is -0.531. The van der Waals surface area contributed by atoms with Gasteiger partial charge in [0.25, 0.3) is 11.8 Å². The molecule has 1 fully saturated rings. The average Bonchev–Trinajstić information content (AvgIpc) is 3.65. The summed E-state index contributed by atoms with van der Waals surface area (Å²) in [5.74, 6) is -0.736. The third-order valence-corrected chi connectivity index (χ3v) is 8.49. The highest BCUT2D eigenvalue weighted by molar-refractivity contribution is 7.99. The number of amides is 2. The molecule has 5 aromatic rings. The lowest BCUT2D eigenvalue weighted by Crippen LogP contribution is -2.57. The van der Waals surface area contributed by atoms with Gasteiger partial charge in [-0.15, -0.1) is 5.10 Å². The predicted molar refractivity (Wildman–Crippen MR) is 169 cm³/mol. The van der Waals surface area contributed by atoms with Crippen LogP contribution < -0.4 is 9.80 Å². The highest BCUT2D eigenvalue weighted by atomic mass is 32.2. The molecule has 3 aromatic carbocycles. The quantitative estimate of drug-likeness (QED) is 0.125. The first-order chi connectivity index (χ1) is 20.7. The standard InChI is InChI=1S/C32H26N6O3S2/c1-19-10-12-24(16-21(19)3)36-29(39)27(30(40)37(32(36)42)25-13-11-20(2)22(4)17-25)18-26-14-15-28(41-26)43-31-33-34-35-38(31)23-8-6-5-7-9-23/h5-18H,1-4H3. The van der Waals surface area contributed by atoms with Crippen LogP contribution in [0.4, 0.5) is 11.4 Å². The number of nitrogens with zero attached hydrogens (tertiary/aromatic N) is 6. The molecular weight excluding hydrogens is 581 g/mol. The zero-order valence-electron chi connectivity index (χ0n) is 23.8. The van der Waals surface area contributed by atoms with Gasteiger partial charge in [-0.3, -0.25) is 19.4 Å². The first kappa shape index (κ1) is 28.3.